The number of Topliss-reactive ketones (excluding diaryl/α,β-unsaturated/α-hetero) is 1. The molecule has 144 valence electrons. The molecule has 4 nitrogen and oxygen atoms in total. The van der Waals surface area contributed by atoms with Crippen LogP contribution in [0, 0.1) is 5.92 Å². The van der Waals surface area contributed by atoms with E-state index in [4.69, 9.17) is 4.74 Å². The van der Waals surface area contributed by atoms with Gasteiger partial charge in [-0.25, -0.2) is 4.79 Å². The fourth-order valence-corrected chi connectivity index (χ4v) is 4.99. The monoisotopic (exact) mass is 383 g/mol. The van der Waals surface area contributed by atoms with Crippen LogP contribution < -0.4 is 5.32 Å². The molecule has 3 aromatic carbocycles. The number of rotatable bonds is 4. The average Bonchev–Trinajstić information content (AvgIpc) is 3.35. The lowest BCUT2D eigenvalue weighted by atomic mass is 9.87. The van der Waals surface area contributed by atoms with Crippen LogP contribution in [0.1, 0.15) is 23.5 Å². The van der Waals surface area contributed by atoms with Crippen molar-refractivity contribution in [3.8, 4) is 0 Å². The summed E-state index contributed by atoms with van der Waals surface area (Å²) < 4.78 is 5.56. The Balaban J connectivity index is 1.39. The van der Waals surface area contributed by atoms with Gasteiger partial charge in [0.05, 0.1) is 0 Å². The van der Waals surface area contributed by atoms with Crippen molar-refractivity contribution in [3.63, 3.8) is 0 Å². The van der Waals surface area contributed by atoms with Gasteiger partial charge in [0.25, 0.3) is 0 Å². The first kappa shape index (κ1) is 17.7. The van der Waals surface area contributed by atoms with Gasteiger partial charge in [0.15, 0.2) is 11.9 Å². The lowest BCUT2D eigenvalue weighted by Gasteiger charge is -2.20. The predicted molar refractivity (Wildman–Crippen MR) is 111 cm³/mol. The summed E-state index contributed by atoms with van der Waals surface area (Å²) in [5.74, 6) is 0.00313. The number of para-hydroxylation sites is 1. The van der Waals surface area contributed by atoms with E-state index in [1.165, 1.54) is 5.56 Å². The maximum absolute atomic E-state index is 13.2. The van der Waals surface area contributed by atoms with Gasteiger partial charge >= 0.3 is 6.09 Å². The van der Waals surface area contributed by atoms with E-state index in [1.54, 1.807) is 12.1 Å². The van der Waals surface area contributed by atoms with Crippen LogP contribution in [0.2, 0.25) is 0 Å². The molecule has 1 amide bonds. The van der Waals surface area contributed by atoms with Crippen LogP contribution >= 0.6 is 0 Å². The summed E-state index contributed by atoms with van der Waals surface area (Å²) in [6.07, 6.45) is -0.790. The predicted octanol–water partition coefficient (Wildman–Crippen LogP) is 4.93. The number of hydrogen-bond acceptors (Lipinski definition) is 3. The highest BCUT2D eigenvalue weighted by molar-refractivity contribution is 5.98. The van der Waals surface area contributed by atoms with Crippen LogP contribution in [-0.2, 0) is 14.9 Å². The summed E-state index contributed by atoms with van der Waals surface area (Å²) in [4.78, 5) is 25.5. The Kier molecular flexibility index (Phi) is 4.20. The van der Waals surface area contributed by atoms with E-state index in [2.05, 4.69) is 29.6 Å². The maximum atomic E-state index is 13.2. The minimum absolute atomic E-state index is 0.0194. The van der Waals surface area contributed by atoms with E-state index in [0.717, 1.165) is 5.56 Å². The first-order valence-electron chi connectivity index (χ1n) is 9.87. The van der Waals surface area contributed by atoms with E-state index in [9.17, 15) is 9.59 Å². The Morgan fingerprint density at radius 2 is 1.41 bits per heavy atom. The van der Waals surface area contributed by atoms with Gasteiger partial charge in [-0.3, -0.25) is 10.1 Å². The molecule has 0 radical (unpaired) electrons. The molecule has 5 rings (SSSR count). The quantitative estimate of drug-likeness (QED) is 0.695. The summed E-state index contributed by atoms with van der Waals surface area (Å²) in [5, 5.41) is 2.70. The van der Waals surface area contributed by atoms with Crippen molar-refractivity contribution in [2.45, 2.75) is 23.9 Å². The largest absolute Gasteiger partial charge is 0.438 e. The second-order valence-corrected chi connectivity index (χ2v) is 7.76. The van der Waals surface area contributed by atoms with Crippen molar-refractivity contribution < 1.29 is 14.3 Å². The molecule has 0 saturated heterocycles. The SMILES string of the molecule is O=C(Nc1ccccc1)O[C@@H]1C[C@]2(c3ccccc3)[C@H](C1=O)[C@@H]2c1ccccc1. The zero-order valence-electron chi connectivity index (χ0n) is 15.8. The van der Waals surface area contributed by atoms with Crippen LogP contribution in [0.15, 0.2) is 91.0 Å². The molecule has 2 aliphatic carbocycles. The van der Waals surface area contributed by atoms with Gasteiger partial charge < -0.3 is 4.74 Å². The third kappa shape index (κ3) is 2.92. The summed E-state index contributed by atoms with van der Waals surface area (Å²) in [6.45, 7) is 0. The molecule has 2 saturated carbocycles. The molecule has 0 unspecified atom stereocenters. The highest BCUT2D eigenvalue weighted by Gasteiger charge is 2.75. The van der Waals surface area contributed by atoms with Gasteiger partial charge in [-0.2, -0.15) is 0 Å². The molecule has 0 bridgehead atoms. The van der Waals surface area contributed by atoms with Crippen molar-refractivity contribution in [1.82, 2.24) is 0 Å². The molecular formula is C25H21NO3. The number of ether oxygens (including phenoxy) is 1. The summed E-state index contributed by atoms with van der Waals surface area (Å²) in [7, 11) is 0. The molecule has 4 heteroatoms. The summed E-state index contributed by atoms with van der Waals surface area (Å²) in [5.41, 5.74) is 2.66. The smallest absolute Gasteiger partial charge is 0.412 e. The topological polar surface area (TPSA) is 55.4 Å². The Morgan fingerprint density at radius 3 is 2.07 bits per heavy atom. The van der Waals surface area contributed by atoms with Crippen molar-refractivity contribution in [1.29, 1.82) is 0 Å². The Bertz CT molecular complexity index is 1040. The first-order valence-corrected chi connectivity index (χ1v) is 9.87. The third-order valence-corrected chi connectivity index (χ3v) is 6.22. The summed E-state index contributed by atoms with van der Waals surface area (Å²) in [6, 6.07) is 29.4. The number of fused-ring (bicyclic) bond motifs is 1. The highest BCUT2D eigenvalue weighted by Crippen LogP contribution is 2.72. The molecule has 2 aliphatic rings. The van der Waals surface area contributed by atoms with E-state index >= 15 is 0 Å². The number of ketones is 1. The van der Waals surface area contributed by atoms with E-state index in [0.29, 0.717) is 12.1 Å². The fourth-order valence-electron chi connectivity index (χ4n) is 4.99. The molecule has 0 aromatic heterocycles. The second kappa shape index (κ2) is 6.89. The van der Waals surface area contributed by atoms with Gasteiger partial charge in [0.2, 0.25) is 0 Å². The number of amides is 1. The molecule has 4 atom stereocenters. The molecular weight excluding hydrogens is 362 g/mol. The van der Waals surface area contributed by atoms with E-state index in [1.807, 2.05) is 54.6 Å². The first-order chi connectivity index (χ1) is 14.2. The number of carbonyl (C=O) groups excluding carboxylic acids is 2. The number of benzene rings is 3. The highest BCUT2D eigenvalue weighted by atomic mass is 16.6. The van der Waals surface area contributed by atoms with Crippen molar-refractivity contribution in [2.75, 3.05) is 5.32 Å². The van der Waals surface area contributed by atoms with Crippen molar-refractivity contribution in [2.24, 2.45) is 5.92 Å². The van der Waals surface area contributed by atoms with Gasteiger partial charge in [0, 0.05) is 29.4 Å². The molecule has 1 N–H and O–H groups in total. The van der Waals surface area contributed by atoms with Crippen molar-refractivity contribution >= 4 is 17.6 Å². The maximum Gasteiger partial charge on any atom is 0.412 e. The Labute approximate surface area is 169 Å². The van der Waals surface area contributed by atoms with E-state index < -0.39 is 12.2 Å². The Hall–Kier alpha value is -3.40. The fraction of sp³-hybridized carbons (Fsp3) is 0.200. The number of hydrogen-bond donors (Lipinski definition) is 1. The molecule has 0 spiro atoms. The van der Waals surface area contributed by atoms with Gasteiger partial charge in [0.1, 0.15) is 0 Å². The molecule has 3 aromatic rings. The van der Waals surface area contributed by atoms with Gasteiger partial charge in [-0.1, -0.05) is 78.9 Å². The van der Waals surface area contributed by atoms with Crippen LogP contribution in [0.5, 0.6) is 0 Å². The molecule has 0 aliphatic heterocycles. The van der Waals surface area contributed by atoms with Crippen LogP contribution in [0.25, 0.3) is 0 Å². The molecule has 29 heavy (non-hydrogen) atoms. The zero-order chi connectivity index (χ0) is 19.8. The molecule has 2 fully saturated rings. The summed E-state index contributed by atoms with van der Waals surface area (Å²) >= 11 is 0. The third-order valence-electron chi connectivity index (χ3n) is 6.22. The minimum atomic E-state index is -0.719. The zero-order valence-corrected chi connectivity index (χ0v) is 15.8. The minimum Gasteiger partial charge on any atom is -0.438 e. The number of anilines is 1. The molecule has 0 heterocycles. The number of carbonyl (C=O) groups is 2. The van der Waals surface area contributed by atoms with Crippen LogP contribution in [-0.4, -0.2) is 18.0 Å². The van der Waals surface area contributed by atoms with Gasteiger partial charge in [-0.15, -0.1) is 0 Å². The Morgan fingerprint density at radius 1 is 0.828 bits per heavy atom. The number of nitrogens with one attached hydrogen (secondary N) is 1. The average molecular weight is 383 g/mol. The van der Waals surface area contributed by atoms with E-state index in [-0.39, 0.29) is 23.0 Å². The van der Waals surface area contributed by atoms with Crippen molar-refractivity contribution in [3.05, 3.63) is 102 Å². The van der Waals surface area contributed by atoms with Crippen LogP contribution in [0.4, 0.5) is 10.5 Å². The lowest BCUT2D eigenvalue weighted by Crippen LogP contribution is -2.29. The normalized spacial score (nSPS) is 27.2. The van der Waals surface area contributed by atoms with Crippen LogP contribution in [0.3, 0.4) is 0 Å². The lowest BCUT2D eigenvalue weighted by molar-refractivity contribution is -0.126. The van der Waals surface area contributed by atoms with Gasteiger partial charge in [-0.05, 0) is 23.3 Å². The second-order valence-electron chi connectivity index (χ2n) is 7.76. The standard InChI is InChI=1S/C25H21NO3/c27-23-20(29-24(28)26-19-14-8-3-9-15-19)16-25(18-12-6-2-7-13-18)21(22(23)25)17-10-4-1-5-11-17/h1-15,20-22H,16H2,(H,26,28)/t20-,21+,22+,25-/m1/s1.